The van der Waals surface area contributed by atoms with Crippen molar-refractivity contribution in [2.24, 2.45) is 0 Å². The van der Waals surface area contributed by atoms with Crippen molar-refractivity contribution in [1.29, 1.82) is 0 Å². The van der Waals surface area contributed by atoms with Crippen LogP contribution in [0.25, 0.3) is 5.69 Å². The minimum Gasteiger partial charge on any atom is -0.461 e. The standard InChI is InChI=1S/C18H15ClN2O6S2/c1-3-26-18(23)17-13(27-29(24,25)16-9-8-14(19)28-16)10-15(22)21(20-17)12-7-5-4-6-11(12)2/h4-10H,3H2,1-2H3. The number of hydrogen-bond donors (Lipinski definition) is 0. The summed E-state index contributed by atoms with van der Waals surface area (Å²) in [5.41, 5.74) is 0.0385. The Hall–Kier alpha value is -2.69. The number of benzene rings is 1. The molecule has 0 spiro atoms. The fourth-order valence-corrected chi connectivity index (χ4v) is 4.78. The minimum absolute atomic E-state index is 0.0245. The van der Waals surface area contributed by atoms with E-state index in [0.29, 0.717) is 5.69 Å². The summed E-state index contributed by atoms with van der Waals surface area (Å²) in [5, 5.41) is 4.02. The summed E-state index contributed by atoms with van der Waals surface area (Å²) >= 11 is 6.56. The molecule has 0 amide bonds. The molecule has 3 rings (SSSR count). The van der Waals surface area contributed by atoms with Gasteiger partial charge in [-0.1, -0.05) is 29.8 Å². The molecule has 29 heavy (non-hydrogen) atoms. The average molecular weight is 455 g/mol. The first kappa shape index (κ1) is 21.0. The van der Waals surface area contributed by atoms with Gasteiger partial charge < -0.3 is 8.92 Å². The van der Waals surface area contributed by atoms with E-state index in [1.165, 1.54) is 12.1 Å². The Kier molecular flexibility index (Phi) is 6.06. The van der Waals surface area contributed by atoms with Gasteiger partial charge in [0.1, 0.15) is 0 Å². The van der Waals surface area contributed by atoms with Crippen LogP contribution in [0, 0.1) is 6.92 Å². The highest BCUT2D eigenvalue weighted by atomic mass is 35.5. The number of nitrogens with zero attached hydrogens (tertiary/aromatic N) is 2. The Morgan fingerprint density at radius 1 is 1.24 bits per heavy atom. The normalized spacial score (nSPS) is 11.3. The number of rotatable bonds is 6. The van der Waals surface area contributed by atoms with E-state index in [1.807, 2.05) is 0 Å². The topological polar surface area (TPSA) is 105 Å². The number of para-hydroxylation sites is 1. The van der Waals surface area contributed by atoms with Gasteiger partial charge in [0.25, 0.3) is 5.56 Å². The smallest absolute Gasteiger partial charge is 0.362 e. The second kappa shape index (κ2) is 8.36. The third-order valence-electron chi connectivity index (χ3n) is 3.70. The SMILES string of the molecule is CCOC(=O)c1nn(-c2ccccc2C)c(=O)cc1OS(=O)(=O)c1ccc(Cl)s1. The van der Waals surface area contributed by atoms with Gasteiger partial charge in [-0.25, -0.2) is 4.79 Å². The number of esters is 1. The van der Waals surface area contributed by atoms with Crippen molar-refractivity contribution in [1.82, 2.24) is 9.78 Å². The van der Waals surface area contributed by atoms with Crippen molar-refractivity contribution >= 4 is 39.0 Å². The lowest BCUT2D eigenvalue weighted by Gasteiger charge is -2.13. The summed E-state index contributed by atoms with van der Waals surface area (Å²) < 4.78 is 36.1. The highest BCUT2D eigenvalue weighted by Gasteiger charge is 2.26. The van der Waals surface area contributed by atoms with Gasteiger partial charge in [0.05, 0.1) is 22.7 Å². The first-order valence-electron chi connectivity index (χ1n) is 8.30. The van der Waals surface area contributed by atoms with E-state index in [9.17, 15) is 18.0 Å². The maximum absolute atomic E-state index is 12.6. The molecule has 0 saturated carbocycles. The van der Waals surface area contributed by atoms with Crippen LogP contribution in [0.2, 0.25) is 4.34 Å². The Balaban J connectivity index is 2.14. The molecule has 0 aliphatic heterocycles. The summed E-state index contributed by atoms with van der Waals surface area (Å²) in [4.78, 5) is 25.0. The lowest BCUT2D eigenvalue weighted by molar-refractivity contribution is 0.0515. The van der Waals surface area contributed by atoms with E-state index in [1.54, 1.807) is 38.1 Å². The highest BCUT2D eigenvalue weighted by Crippen LogP contribution is 2.29. The summed E-state index contributed by atoms with van der Waals surface area (Å²) in [6.07, 6.45) is 0. The summed E-state index contributed by atoms with van der Waals surface area (Å²) in [6, 6.07) is 10.4. The quantitative estimate of drug-likeness (QED) is 0.416. The molecular formula is C18H15ClN2O6S2. The average Bonchev–Trinajstić information content (AvgIpc) is 3.10. The maximum Gasteiger partial charge on any atom is 0.362 e. The minimum atomic E-state index is -4.33. The second-order valence-corrected chi connectivity index (χ2v) is 9.20. The molecule has 2 aromatic heterocycles. The van der Waals surface area contributed by atoms with E-state index in [2.05, 4.69) is 5.10 Å². The highest BCUT2D eigenvalue weighted by molar-refractivity contribution is 7.89. The molecular weight excluding hydrogens is 440 g/mol. The van der Waals surface area contributed by atoms with E-state index >= 15 is 0 Å². The van der Waals surface area contributed by atoms with Crippen molar-refractivity contribution < 1.29 is 22.1 Å². The second-order valence-electron chi connectivity index (χ2n) is 5.71. The number of aromatic nitrogens is 2. The van der Waals surface area contributed by atoms with Gasteiger partial charge in [-0.3, -0.25) is 4.79 Å². The molecule has 8 nitrogen and oxygen atoms in total. The molecule has 0 unspecified atom stereocenters. The third-order valence-corrected chi connectivity index (χ3v) is 6.62. The number of carbonyl (C=O) groups excluding carboxylic acids is 1. The van der Waals surface area contributed by atoms with Crippen LogP contribution in [0.5, 0.6) is 5.75 Å². The van der Waals surface area contributed by atoms with Crippen LogP contribution in [-0.4, -0.2) is 30.8 Å². The van der Waals surface area contributed by atoms with Crippen LogP contribution in [0.15, 0.2) is 51.5 Å². The zero-order valence-electron chi connectivity index (χ0n) is 15.3. The summed E-state index contributed by atoms with van der Waals surface area (Å²) in [5.74, 6) is -1.45. The van der Waals surface area contributed by atoms with Gasteiger partial charge in [-0.15, -0.1) is 11.3 Å². The van der Waals surface area contributed by atoms with Crippen LogP contribution in [0.4, 0.5) is 0 Å². The molecule has 0 N–H and O–H groups in total. The number of carbonyl (C=O) groups is 1. The number of aryl methyl sites for hydroxylation is 1. The van der Waals surface area contributed by atoms with E-state index < -0.39 is 33.1 Å². The first-order chi connectivity index (χ1) is 13.7. The first-order valence-corrected chi connectivity index (χ1v) is 10.9. The van der Waals surface area contributed by atoms with Crippen LogP contribution in [0.3, 0.4) is 0 Å². The molecule has 11 heteroatoms. The summed E-state index contributed by atoms with van der Waals surface area (Å²) in [7, 11) is -4.33. The maximum atomic E-state index is 12.6. The fourth-order valence-electron chi connectivity index (χ4n) is 2.41. The van der Waals surface area contributed by atoms with Crippen molar-refractivity contribution in [2.45, 2.75) is 18.1 Å². The van der Waals surface area contributed by atoms with E-state index in [-0.39, 0.29) is 15.2 Å². The van der Waals surface area contributed by atoms with Gasteiger partial charge in [-0.05, 0) is 37.6 Å². The molecule has 0 aliphatic carbocycles. The Bertz CT molecular complexity index is 1230. The number of thiophene rings is 1. The molecule has 0 fully saturated rings. The van der Waals surface area contributed by atoms with Gasteiger partial charge in [0.2, 0.25) is 5.69 Å². The largest absolute Gasteiger partial charge is 0.461 e. The Morgan fingerprint density at radius 3 is 2.59 bits per heavy atom. The molecule has 0 radical (unpaired) electrons. The van der Waals surface area contributed by atoms with Crippen molar-refractivity contribution in [3.05, 3.63) is 68.4 Å². The Morgan fingerprint density at radius 2 is 1.97 bits per heavy atom. The number of halogens is 1. The zero-order chi connectivity index (χ0) is 21.2. The van der Waals surface area contributed by atoms with Gasteiger partial charge >= 0.3 is 16.1 Å². The molecule has 0 aliphatic rings. The Labute approximate surface area is 175 Å². The molecule has 1 aromatic carbocycles. The van der Waals surface area contributed by atoms with Crippen LogP contribution >= 0.6 is 22.9 Å². The van der Waals surface area contributed by atoms with E-state index in [0.717, 1.165) is 27.6 Å². The molecule has 152 valence electrons. The monoisotopic (exact) mass is 454 g/mol. The van der Waals surface area contributed by atoms with Crippen molar-refractivity contribution in [3.63, 3.8) is 0 Å². The zero-order valence-corrected chi connectivity index (χ0v) is 17.7. The lowest BCUT2D eigenvalue weighted by atomic mass is 10.2. The number of hydrogen-bond acceptors (Lipinski definition) is 8. The number of ether oxygens (including phenoxy) is 1. The predicted octanol–water partition coefficient (Wildman–Crippen LogP) is 3.20. The van der Waals surface area contributed by atoms with Gasteiger partial charge in [0, 0.05) is 0 Å². The third kappa shape index (κ3) is 4.50. The molecule has 0 atom stereocenters. The van der Waals surface area contributed by atoms with Crippen LogP contribution < -0.4 is 9.74 Å². The predicted molar refractivity (Wildman–Crippen MR) is 108 cm³/mol. The molecule has 0 saturated heterocycles. The summed E-state index contributed by atoms with van der Waals surface area (Å²) in [6.45, 7) is 3.37. The fraction of sp³-hybridized carbons (Fsp3) is 0.167. The lowest BCUT2D eigenvalue weighted by Crippen LogP contribution is -2.26. The van der Waals surface area contributed by atoms with Gasteiger partial charge in [-0.2, -0.15) is 18.2 Å². The van der Waals surface area contributed by atoms with Crippen molar-refractivity contribution in [3.8, 4) is 11.4 Å². The van der Waals surface area contributed by atoms with Crippen LogP contribution in [-0.2, 0) is 14.9 Å². The van der Waals surface area contributed by atoms with E-state index in [4.69, 9.17) is 20.5 Å². The molecule has 3 aromatic rings. The van der Waals surface area contributed by atoms with Crippen molar-refractivity contribution in [2.75, 3.05) is 6.61 Å². The molecule has 0 bridgehead atoms. The molecule has 2 heterocycles. The van der Waals surface area contributed by atoms with Crippen LogP contribution in [0.1, 0.15) is 23.0 Å². The van der Waals surface area contributed by atoms with Gasteiger partial charge in [0.15, 0.2) is 9.96 Å².